The van der Waals surface area contributed by atoms with Gasteiger partial charge in [0, 0.05) is 24.7 Å². The molecule has 2 aromatic carbocycles. The Hall–Kier alpha value is -2.08. The normalized spacial score (nSPS) is 23.9. The van der Waals surface area contributed by atoms with E-state index in [-0.39, 0.29) is 0 Å². The summed E-state index contributed by atoms with van der Waals surface area (Å²) >= 11 is 0. The number of nitrogens with zero attached hydrogens (tertiary/aromatic N) is 1. The molecule has 2 aromatic rings. The van der Waals surface area contributed by atoms with E-state index in [2.05, 4.69) is 35.2 Å². The molecular formula is C27H37NO4. The second-order valence-electron chi connectivity index (χ2n) is 8.87. The summed E-state index contributed by atoms with van der Waals surface area (Å²) in [5, 5.41) is 0. The van der Waals surface area contributed by atoms with E-state index in [1.807, 2.05) is 18.2 Å². The van der Waals surface area contributed by atoms with Crippen LogP contribution in [0, 0.1) is 0 Å². The topological polar surface area (TPSA) is 40.2 Å². The quantitative estimate of drug-likeness (QED) is 0.528. The summed E-state index contributed by atoms with van der Waals surface area (Å²) in [5.74, 6) is 1.59. The molecule has 5 heteroatoms. The van der Waals surface area contributed by atoms with E-state index in [9.17, 15) is 0 Å². The van der Waals surface area contributed by atoms with Gasteiger partial charge in [0.2, 0.25) is 0 Å². The second-order valence-corrected chi connectivity index (χ2v) is 8.87. The lowest BCUT2D eigenvalue weighted by Gasteiger charge is -2.38. The highest BCUT2D eigenvalue weighted by Gasteiger charge is 2.35. The van der Waals surface area contributed by atoms with Gasteiger partial charge < -0.3 is 18.9 Å². The number of ether oxygens (including phenoxy) is 4. The molecule has 3 atom stereocenters. The molecule has 1 aliphatic heterocycles. The first kappa shape index (κ1) is 23.1. The van der Waals surface area contributed by atoms with E-state index < -0.39 is 0 Å². The SMILES string of the molecule is COc1cccc(CCOC2CCCCC2N2CCC(OCc3ccccc3)C2)c1OC. The fourth-order valence-corrected chi connectivity index (χ4v) is 5.14. The summed E-state index contributed by atoms with van der Waals surface area (Å²) in [4.78, 5) is 2.62. The van der Waals surface area contributed by atoms with Gasteiger partial charge in [-0.15, -0.1) is 0 Å². The highest BCUT2D eigenvalue weighted by molar-refractivity contribution is 5.46. The molecule has 0 bridgehead atoms. The van der Waals surface area contributed by atoms with Crippen molar-refractivity contribution in [3.63, 3.8) is 0 Å². The molecule has 1 heterocycles. The van der Waals surface area contributed by atoms with Gasteiger partial charge in [0.05, 0.1) is 39.6 Å². The third-order valence-corrected chi connectivity index (χ3v) is 6.83. The zero-order valence-corrected chi connectivity index (χ0v) is 19.5. The monoisotopic (exact) mass is 439 g/mol. The lowest BCUT2D eigenvalue weighted by Crippen LogP contribution is -2.46. The molecule has 1 saturated carbocycles. The van der Waals surface area contributed by atoms with Crippen LogP contribution in [0.3, 0.4) is 0 Å². The number of para-hydroxylation sites is 1. The number of likely N-dealkylation sites (tertiary alicyclic amines) is 1. The number of hydrogen-bond donors (Lipinski definition) is 0. The number of benzene rings is 2. The molecule has 1 saturated heterocycles. The molecule has 32 heavy (non-hydrogen) atoms. The molecule has 0 spiro atoms. The van der Waals surface area contributed by atoms with Gasteiger partial charge in [-0.05, 0) is 37.3 Å². The zero-order valence-electron chi connectivity index (χ0n) is 19.5. The van der Waals surface area contributed by atoms with Crippen molar-refractivity contribution < 1.29 is 18.9 Å². The van der Waals surface area contributed by atoms with Crippen LogP contribution in [0.1, 0.15) is 43.2 Å². The van der Waals surface area contributed by atoms with Crippen molar-refractivity contribution in [1.29, 1.82) is 0 Å². The lowest BCUT2D eigenvalue weighted by molar-refractivity contribution is -0.0353. The minimum absolute atomic E-state index is 0.299. The van der Waals surface area contributed by atoms with Crippen molar-refractivity contribution in [3.8, 4) is 11.5 Å². The van der Waals surface area contributed by atoms with E-state index in [4.69, 9.17) is 18.9 Å². The van der Waals surface area contributed by atoms with Crippen LogP contribution < -0.4 is 9.47 Å². The van der Waals surface area contributed by atoms with Crippen molar-refractivity contribution in [2.45, 2.75) is 63.4 Å². The average molecular weight is 440 g/mol. The number of methoxy groups -OCH3 is 2. The van der Waals surface area contributed by atoms with Crippen LogP contribution in [0.25, 0.3) is 0 Å². The summed E-state index contributed by atoms with van der Waals surface area (Å²) in [6.45, 7) is 3.52. The van der Waals surface area contributed by atoms with Crippen LogP contribution >= 0.6 is 0 Å². The standard InChI is InChI=1S/C27H37NO4/c1-29-26-14-8-11-22(27(26)30-2)16-18-31-25-13-7-6-12-24(25)28-17-15-23(19-28)32-20-21-9-4-3-5-10-21/h3-5,8-11,14,23-25H,6-7,12-13,15-20H2,1-2H3. The maximum atomic E-state index is 6.47. The summed E-state index contributed by atoms with van der Waals surface area (Å²) in [6.07, 6.45) is 7.46. The Balaban J connectivity index is 1.28. The van der Waals surface area contributed by atoms with Crippen molar-refractivity contribution in [2.75, 3.05) is 33.9 Å². The molecule has 1 aliphatic carbocycles. The molecule has 2 aliphatic rings. The summed E-state index contributed by atoms with van der Waals surface area (Å²) in [5.41, 5.74) is 2.38. The highest BCUT2D eigenvalue weighted by Crippen LogP contribution is 2.32. The van der Waals surface area contributed by atoms with E-state index in [0.29, 0.717) is 31.5 Å². The first-order valence-corrected chi connectivity index (χ1v) is 12.0. The molecule has 0 amide bonds. The summed E-state index contributed by atoms with van der Waals surface area (Å²) in [7, 11) is 3.38. The zero-order chi connectivity index (χ0) is 22.2. The fraction of sp³-hybridized carbons (Fsp3) is 0.556. The Morgan fingerprint density at radius 2 is 1.72 bits per heavy atom. The minimum Gasteiger partial charge on any atom is -0.493 e. The lowest BCUT2D eigenvalue weighted by atomic mass is 9.91. The molecule has 3 unspecified atom stereocenters. The minimum atomic E-state index is 0.299. The second kappa shape index (κ2) is 11.7. The van der Waals surface area contributed by atoms with E-state index >= 15 is 0 Å². The van der Waals surface area contributed by atoms with Crippen molar-refractivity contribution in [1.82, 2.24) is 4.90 Å². The Bertz CT molecular complexity index is 828. The van der Waals surface area contributed by atoms with Crippen LogP contribution in [0.5, 0.6) is 11.5 Å². The van der Waals surface area contributed by atoms with E-state index in [0.717, 1.165) is 49.4 Å². The van der Waals surface area contributed by atoms with Gasteiger partial charge >= 0.3 is 0 Å². The third kappa shape index (κ3) is 5.83. The largest absolute Gasteiger partial charge is 0.493 e. The average Bonchev–Trinajstić information content (AvgIpc) is 3.32. The smallest absolute Gasteiger partial charge is 0.163 e. The number of hydrogen-bond acceptors (Lipinski definition) is 5. The molecule has 5 nitrogen and oxygen atoms in total. The van der Waals surface area contributed by atoms with Crippen LogP contribution in [0.4, 0.5) is 0 Å². The summed E-state index contributed by atoms with van der Waals surface area (Å²) < 4.78 is 23.7. The first-order chi connectivity index (χ1) is 15.8. The predicted octanol–water partition coefficient (Wildman–Crippen LogP) is 4.87. The molecule has 2 fully saturated rings. The van der Waals surface area contributed by atoms with Crippen LogP contribution in [-0.2, 0) is 22.5 Å². The van der Waals surface area contributed by atoms with Gasteiger partial charge in [-0.25, -0.2) is 0 Å². The van der Waals surface area contributed by atoms with Gasteiger partial charge in [0.15, 0.2) is 11.5 Å². The molecular weight excluding hydrogens is 402 g/mol. The molecule has 174 valence electrons. The van der Waals surface area contributed by atoms with Gasteiger partial charge in [-0.3, -0.25) is 4.90 Å². The van der Waals surface area contributed by atoms with Gasteiger partial charge in [-0.2, -0.15) is 0 Å². The molecule has 0 radical (unpaired) electrons. The fourth-order valence-electron chi connectivity index (χ4n) is 5.14. The summed E-state index contributed by atoms with van der Waals surface area (Å²) in [6, 6.07) is 17.0. The molecule has 0 N–H and O–H groups in total. The van der Waals surface area contributed by atoms with Crippen molar-refractivity contribution in [3.05, 3.63) is 59.7 Å². The Kier molecular flexibility index (Phi) is 8.43. The van der Waals surface area contributed by atoms with E-state index in [1.54, 1.807) is 14.2 Å². The highest BCUT2D eigenvalue weighted by atomic mass is 16.5. The van der Waals surface area contributed by atoms with Crippen LogP contribution in [0.15, 0.2) is 48.5 Å². The van der Waals surface area contributed by atoms with Gasteiger partial charge in [-0.1, -0.05) is 55.3 Å². The Morgan fingerprint density at radius 1 is 0.875 bits per heavy atom. The predicted molar refractivity (Wildman–Crippen MR) is 126 cm³/mol. The third-order valence-electron chi connectivity index (χ3n) is 6.83. The number of rotatable bonds is 10. The van der Waals surface area contributed by atoms with Crippen LogP contribution in [0.2, 0.25) is 0 Å². The van der Waals surface area contributed by atoms with Crippen molar-refractivity contribution in [2.24, 2.45) is 0 Å². The van der Waals surface area contributed by atoms with Crippen LogP contribution in [-0.4, -0.2) is 57.1 Å². The molecule has 4 rings (SSSR count). The maximum Gasteiger partial charge on any atom is 0.163 e. The maximum absolute atomic E-state index is 6.47. The Labute approximate surface area is 192 Å². The van der Waals surface area contributed by atoms with Gasteiger partial charge in [0.1, 0.15) is 0 Å². The Morgan fingerprint density at radius 3 is 2.53 bits per heavy atom. The molecule has 0 aromatic heterocycles. The van der Waals surface area contributed by atoms with Crippen molar-refractivity contribution >= 4 is 0 Å². The van der Waals surface area contributed by atoms with Gasteiger partial charge in [0.25, 0.3) is 0 Å². The van der Waals surface area contributed by atoms with E-state index in [1.165, 1.54) is 24.8 Å². The first-order valence-electron chi connectivity index (χ1n) is 12.0.